The Morgan fingerprint density at radius 3 is 2.13 bits per heavy atom. The molecule has 0 aromatic heterocycles. The third kappa shape index (κ3) is 7.91. The van der Waals surface area contributed by atoms with E-state index >= 15 is 0 Å². The van der Waals surface area contributed by atoms with Crippen LogP contribution in [0.15, 0.2) is 46.9 Å². The smallest absolute Gasteiger partial charge is 0.219 e. The molecule has 0 radical (unpaired) electrons. The van der Waals surface area contributed by atoms with Crippen LogP contribution in [0.1, 0.15) is 40.5 Å². The van der Waals surface area contributed by atoms with Gasteiger partial charge in [0.15, 0.2) is 6.29 Å². The van der Waals surface area contributed by atoms with Crippen LogP contribution in [0.5, 0.6) is 0 Å². The van der Waals surface area contributed by atoms with E-state index in [1.54, 1.807) is 18.2 Å². The van der Waals surface area contributed by atoms with Crippen molar-refractivity contribution >= 4 is 0 Å². The Labute approximate surface area is 182 Å². The van der Waals surface area contributed by atoms with Gasteiger partial charge in [0.25, 0.3) is 0 Å². The van der Waals surface area contributed by atoms with Crippen molar-refractivity contribution < 1.29 is 24.1 Å². The maximum Gasteiger partial charge on any atom is 0.219 e. The first-order valence-electron chi connectivity index (χ1n) is 10.6. The summed E-state index contributed by atoms with van der Waals surface area (Å²) in [5.41, 5.74) is 17.8. The number of ether oxygens (including phenoxy) is 4. The molecule has 2 unspecified atom stereocenters. The topological polar surface area (TPSA) is 155 Å². The minimum atomic E-state index is -1.22. The summed E-state index contributed by atoms with van der Waals surface area (Å²) < 4.78 is 22.5. The van der Waals surface area contributed by atoms with Crippen molar-refractivity contribution in [2.75, 3.05) is 6.61 Å². The number of rotatable bonds is 6. The Kier molecular flexibility index (Phi) is 13.1. The maximum atomic E-state index is 10.9. The van der Waals surface area contributed by atoms with E-state index in [0.29, 0.717) is 13.0 Å². The Bertz CT molecular complexity index is 702. The molecule has 1 fully saturated rings. The van der Waals surface area contributed by atoms with Crippen molar-refractivity contribution in [1.29, 1.82) is 0 Å². The van der Waals surface area contributed by atoms with Crippen molar-refractivity contribution in [3.05, 3.63) is 57.5 Å². The zero-order valence-corrected chi connectivity index (χ0v) is 18.4. The van der Waals surface area contributed by atoms with Gasteiger partial charge in [-0.3, -0.25) is 0 Å². The van der Waals surface area contributed by atoms with Gasteiger partial charge in [0.05, 0.1) is 37.2 Å². The van der Waals surface area contributed by atoms with Crippen LogP contribution >= 0.6 is 0 Å². The Morgan fingerprint density at radius 1 is 0.968 bits per heavy atom. The summed E-state index contributed by atoms with van der Waals surface area (Å²) in [5.74, 6) is 0. The lowest BCUT2D eigenvalue weighted by Gasteiger charge is -2.43. The number of azide groups is 2. The fourth-order valence-electron chi connectivity index (χ4n) is 3.24. The van der Waals surface area contributed by atoms with Gasteiger partial charge >= 0.3 is 0 Å². The first-order chi connectivity index (χ1) is 15.2. The average Bonchev–Trinajstić information content (AvgIpc) is 2.83. The third-order valence-corrected chi connectivity index (χ3v) is 4.46. The fourth-order valence-corrected chi connectivity index (χ4v) is 3.24. The van der Waals surface area contributed by atoms with E-state index in [0.717, 1.165) is 0 Å². The Balaban J connectivity index is 0.00000113. The summed E-state index contributed by atoms with van der Waals surface area (Å²) in [7, 11) is 0. The van der Waals surface area contributed by atoms with Crippen molar-refractivity contribution in [2.45, 2.75) is 83.5 Å². The molecule has 3 rings (SSSR count). The lowest BCUT2D eigenvalue weighted by Crippen LogP contribution is -2.58. The van der Waals surface area contributed by atoms with Gasteiger partial charge in [-0.2, -0.15) is 0 Å². The summed E-state index contributed by atoms with van der Waals surface area (Å²) in [6.07, 6.45) is 6.69. The highest BCUT2D eigenvalue weighted by Gasteiger charge is 2.47. The molecule has 3 aliphatic rings. The van der Waals surface area contributed by atoms with E-state index in [1.165, 1.54) is 6.26 Å². The van der Waals surface area contributed by atoms with Crippen LogP contribution in [-0.2, 0) is 18.9 Å². The molecule has 0 spiro atoms. The molecule has 1 N–H and O–H groups in total. The summed E-state index contributed by atoms with van der Waals surface area (Å²) >= 11 is 0. The molecule has 0 aromatic rings. The van der Waals surface area contributed by atoms with Crippen LogP contribution in [0.4, 0.5) is 0 Å². The normalized spacial score (nSPS) is 33.3. The monoisotopic (exact) mass is 436 g/mol. The predicted molar refractivity (Wildman–Crippen MR) is 116 cm³/mol. The number of allylic oxidation sites excluding steroid dienone is 2. The van der Waals surface area contributed by atoms with Crippen molar-refractivity contribution in [3.63, 3.8) is 0 Å². The van der Waals surface area contributed by atoms with Gasteiger partial charge in [-0.15, -0.1) is 0 Å². The van der Waals surface area contributed by atoms with Crippen molar-refractivity contribution in [2.24, 2.45) is 10.2 Å². The van der Waals surface area contributed by atoms with Crippen LogP contribution in [0.3, 0.4) is 0 Å². The van der Waals surface area contributed by atoms with Gasteiger partial charge in [-0.05, 0) is 29.6 Å². The maximum absolute atomic E-state index is 10.9. The zero-order chi connectivity index (χ0) is 23.1. The molecule has 0 amide bonds. The van der Waals surface area contributed by atoms with E-state index in [-0.39, 0.29) is 6.42 Å². The van der Waals surface area contributed by atoms with Gasteiger partial charge < -0.3 is 24.1 Å². The van der Waals surface area contributed by atoms with Gasteiger partial charge in [0.1, 0.15) is 6.10 Å². The summed E-state index contributed by atoms with van der Waals surface area (Å²) in [6, 6.07) is -1.49. The second-order valence-electron chi connectivity index (χ2n) is 6.16. The van der Waals surface area contributed by atoms with Crippen LogP contribution in [-0.4, -0.2) is 54.7 Å². The Hall–Kier alpha value is -2.52. The molecule has 11 nitrogen and oxygen atoms in total. The number of nitrogens with zero attached hydrogens (tertiary/aromatic N) is 6. The van der Waals surface area contributed by atoms with Crippen LogP contribution in [0.2, 0.25) is 0 Å². The minimum absolute atomic E-state index is 0.162. The number of hydrogen-bond acceptors (Lipinski definition) is 7. The molecular weight excluding hydrogens is 404 g/mol. The van der Waals surface area contributed by atoms with Crippen LogP contribution in [0.25, 0.3) is 20.9 Å². The van der Waals surface area contributed by atoms with E-state index in [1.807, 2.05) is 39.8 Å². The predicted octanol–water partition coefficient (Wildman–Crippen LogP) is 4.66. The molecular formula is C20H32N6O5. The first kappa shape index (κ1) is 26.5. The van der Waals surface area contributed by atoms with Crippen molar-refractivity contribution in [1.82, 2.24) is 0 Å². The fraction of sp³-hybridized carbons (Fsp3) is 0.700. The van der Waals surface area contributed by atoms with Crippen LogP contribution < -0.4 is 0 Å². The average molecular weight is 437 g/mol. The number of hydrogen-bond donors (Lipinski definition) is 1. The highest BCUT2D eigenvalue weighted by atomic mass is 16.7. The number of aliphatic hydroxyl groups is 1. The summed E-state index contributed by atoms with van der Waals surface area (Å²) in [6.45, 7) is 8.40. The zero-order valence-electron chi connectivity index (χ0n) is 18.4. The van der Waals surface area contributed by atoms with Gasteiger partial charge in [0, 0.05) is 16.2 Å². The molecule has 1 saturated carbocycles. The van der Waals surface area contributed by atoms with E-state index in [9.17, 15) is 5.11 Å². The highest BCUT2D eigenvalue weighted by Crippen LogP contribution is 2.32. The molecule has 172 valence electrons. The minimum Gasteiger partial charge on any atom is -0.469 e. The van der Waals surface area contributed by atoms with Gasteiger partial charge in [0.2, 0.25) is 6.29 Å². The quantitative estimate of drug-likeness (QED) is 0.277. The molecule has 0 aromatic carbocycles. The summed E-state index contributed by atoms with van der Waals surface area (Å²) in [4.78, 5) is 5.65. The largest absolute Gasteiger partial charge is 0.469 e. The molecule has 0 saturated heterocycles. The Morgan fingerprint density at radius 2 is 1.61 bits per heavy atom. The SMILES string of the molecule is CC.CC.[N-]=[N+]=N[C@H]1C[C@@H](N=[N+]=[N-])[C@H](OC2C=CC=CO2)[C@@H](O)[C@@H]1OC1CC=CCO1. The highest BCUT2D eigenvalue weighted by molar-refractivity contribution is 5.07. The molecule has 0 bridgehead atoms. The first-order valence-corrected chi connectivity index (χ1v) is 10.6. The second-order valence-corrected chi connectivity index (χ2v) is 6.16. The van der Waals surface area contributed by atoms with E-state index in [2.05, 4.69) is 20.1 Å². The van der Waals surface area contributed by atoms with Gasteiger partial charge in [-0.25, -0.2) is 0 Å². The molecule has 1 aliphatic carbocycles. The van der Waals surface area contributed by atoms with Gasteiger partial charge in [-0.1, -0.05) is 56.2 Å². The lowest BCUT2D eigenvalue weighted by atomic mass is 9.84. The molecule has 2 aliphatic heterocycles. The standard InChI is InChI=1S/C16H20N6O5.2C2H6/c17-21-19-10-9-11(20-22-18)16(27-13-6-2-4-8-25-13)14(23)15(10)26-12-5-1-3-7-24-12;2*1-2/h1-5,7,10-16,23H,6,8-9H2;2*1-2H3/t10-,11+,12?,13?,14-,15+,16-;;/m1../s1. The van der Waals surface area contributed by atoms with E-state index in [4.69, 9.17) is 30.0 Å². The third-order valence-electron chi connectivity index (χ3n) is 4.46. The van der Waals surface area contributed by atoms with Crippen molar-refractivity contribution in [3.8, 4) is 0 Å². The van der Waals surface area contributed by atoms with Crippen LogP contribution in [0, 0.1) is 0 Å². The lowest BCUT2D eigenvalue weighted by molar-refractivity contribution is -0.237. The summed E-state index contributed by atoms with van der Waals surface area (Å²) in [5, 5.41) is 18.3. The van der Waals surface area contributed by atoms with E-state index < -0.39 is 43.0 Å². The molecule has 31 heavy (non-hydrogen) atoms. The molecule has 2 heterocycles. The second kappa shape index (κ2) is 15.3. The molecule has 7 atom stereocenters. The molecule has 11 heteroatoms. The number of aliphatic hydroxyl groups excluding tert-OH is 1.